The lowest BCUT2D eigenvalue weighted by Gasteiger charge is -2.07. The van der Waals surface area contributed by atoms with Crippen LogP contribution in [0.5, 0.6) is 0 Å². The summed E-state index contributed by atoms with van der Waals surface area (Å²) in [6.45, 7) is 1.55. The minimum atomic E-state index is -0.610. The zero-order valence-electron chi connectivity index (χ0n) is 14.6. The highest BCUT2D eigenvalue weighted by atomic mass is 16.5. The third kappa shape index (κ3) is 6.42. The average Bonchev–Trinajstić information content (AvgIpc) is 3.13. The first-order chi connectivity index (χ1) is 12.6. The summed E-state index contributed by atoms with van der Waals surface area (Å²) in [5.74, 6) is -0.994. The number of unbranched alkanes of at least 4 members (excludes halogenated alkanes) is 2. The van der Waals surface area contributed by atoms with E-state index < -0.39 is 5.97 Å². The van der Waals surface area contributed by atoms with E-state index in [-0.39, 0.29) is 24.8 Å². The number of carbonyl (C=O) groups excluding carboxylic acids is 3. The third-order valence-corrected chi connectivity index (χ3v) is 3.54. The lowest BCUT2D eigenvalue weighted by molar-refractivity contribution is -0.143. The van der Waals surface area contributed by atoms with E-state index in [1.165, 1.54) is 11.0 Å². The van der Waals surface area contributed by atoms with Gasteiger partial charge in [-0.3, -0.25) is 14.4 Å². The van der Waals surface area contributed by atoms with Crippen molar-refractivity contribution in [2.45, 2.75) is 39.2 Å². The predicted octanol–water partition coefficient (Wildman–Crippen LogP) is 1.62. The number of aromatic nitrogens is 4. The summed E-state index contributed by atoms with van der Waals surface area (Å²) in [7, 11) is 0. The van der Waals surface area contributed by atoms with Gasteiger partial charge in [0.15, 0.2) is 12.4 Å². The van der Waals surface area contributed by atoms with Gasteiger partial charge in [-0.15, -0.1) is 5.10 Å². The van der Waals surface area contributed by atoms with Crippen molar-refractivity contribution in [1.29, 1.82) is 0 Å². The van der Waals surface area contributed by atoms with Crippen molar-refractivity contribution in [3.05, 3.63) is 36.2 Å². The van der Waals surface area contributed by atoms with Crippen molar-refractivity contribution < 1.29 is 19.1 Å². The Kier molecular flexibility index (Phi) is 7.41. The molecule has 0 bridgehead atoms. The average molecular weight is 359 g/mol. The normalized spacial score (nSPS) is 10.3. The number of hydrogen-bond donors (Lipinski definition) is 1. The summed E-state index contributed by atoms with van der Waals surface area (Å²) < 4.78 is 6.11. The first-order valence-electron chi connectivity index (χ1n) is 8.38. The number of tetrazole rings is 1. The fourth-order valence-corrected chi connectivity index (χ4v) is 2.16. The van der Waals surface area contributed by atoms with Crippen molar-refractivity contribution in [2.75, 3.05) is 11.9 Å². The molecule has 0 atom stereocenters. The predicted molar refractivity (Wildman–Crippen MR) is 92.3 cm³/mol. The van der Waals surface area contributed by atoms with Gasteiger partial charge in [-0.2, -0.15) is 0 Å². The summed E-state index contributed by atoms with van der Waals surface area (Å²) in [5, 5.41) is 13.1. The Labute approximate surface area is 150 Å². The van der Waals surface area contributed by atoms with E-state index in [0.717, 1.165) is 19.3 Å². The van der Waals surface area contributed by atoms with Crippen LogP contribution in [0.1, 0.15) is 43.0 Å². The van der Waals surface area contributed by atoms with Crippen LogP contribution in [0.4, 0.5) is 5.69 Å². The van der Waals surface area contributed by atoms with E-state index in [9.17, 15) is 14.4 Å². The Morgan fingerprint density at radius 1 is 1.15 bits per heavy atom. The number of carbonyl (C=O) groups is 3. The van der Waals surface area contributed by atoms with Crippen molar-refractivity contribution in [3.63, 3.8) is 0 Å². The molecule has 1 aromatic heterocycles. The zero-order valence-corrected chi connectivity index (χ0v) is 14.6. The van der Waals surface area contributed by atoms with Crippen LogP contribution in [0.3, 0.4) is 0 Å². The number of nitrogens with zero attached hydrogens (tertiary/aromatic N) is 4. The SMILES string of the molecule is CCCCCC(=O)Nc1ccc(C(=O)COC(=O)Cn2cnnn2)cc1. The number of Topliss-reactive ketones (excluding diaryl/α,β-unsaturated/α-hetero) is 1. The number of ketones is 1. The van der Waals surface area contributed by atoms with Gasteiger partial charge >= 0.3 is 5.97 Å². The quantitative estimate of drug-likeness (QED) is 0.389. The van der Waals surface area contributed by atoms with Crippen LogP contribution in [-0.4, -0.2) is 44.5 Å². The van der Waals surface area contributed by atoms with Crippen molar-refractivity contribution >= 4 is 23.3 Å². The molecular formula is C17H21N5O4. The molecule has 0 unspecified atom stereocenters. The topological polar surface area (TPSA) is 116 Å². The van der Waals surface area contributed by atoms with E-state index in [0.29, 0.717) is 17.7 Å². The van der Waals surface area contributed by atoms with Gasteiger partial charge in [0, 0.05) is 17.7 Å². The molecule has 1 heterocycles. The zero-order chi connectivity index (χ0) is 18.8. The van der Waals surface area contributed by atoms with Crippen LogP contribution >= 0.6 is 0 Å². The Balaban J connectivity index is 1.77. The Morgan fingerprint density at radius 3 is 2.58 bits per heavy atom. The van der Waals surface area contributed by atoms with Gasteiger partial charge in [0.05, 0.1) is 0 Å². The number of hydrogen-bond acceptors (Lipinski definition) is 7. The standard InChI is InChI=1S/C17H21N5O4/c1-2-3-4-5-16(24)19-14-8-6-13(7-9-14)15(23)11-26-17(25)10-22-12-18-20-21-22/h6-9,12H,2-5,10-11H2,1H3,(H,19,24). The van der Waals surface area contributed by atoms with E-state index >= 15 is 0 Å². The number of benzene rings is 1. The number of nitrogens with one attached hydrogen (secondary N) is 1. The highest BCUT2D eigenvalue weighted by Gasteiger charge is 2.11. The lowest BCUT2D eigenvalue weighted by atomic mass is 10.1. The van der Waals surface area contributed by atoms with Gasteiger partial charge in [0.2, 0.25) is 5.91 Å². The fraction of sp³-hybridized carbons (Fsp3) is 0.412. The maximum Gasteiger partial charge on any atom is 0.328 e. The molecule has 0 radical (unpaired) electrons. The molecule has 1 amide bonds. The maximum absolute atomic E-state index is 12.0. The molecule has 1 aromatic carbocycles. The van der Waals surface area contributed by atoms with Gasteiger partial charge in [-0.05, 0) is 41.1 Å². The monoisotopic (exact) mass is 359 g/mol. The second-order valence-corrected chi connectivity index (χ2v) is 5.67. The summed E-state index contributed by atoms with van der Waals surface area (Å²) in [4.78, 5) is 35.4. The Morgan fingerprint density at radius 2 is 1.92 bits per heavy atom. The summed E-state index contributed by atoms with van der Waals surface area (Å²) in [5.41, 5.74) is 1.02. The molecule has 0 aliphatic carbocycles. The van der Waals surface area contributed by atoms with Gasteiger partial charge in [-0.1, -0.05) is 19.8 Å². The van der Waals surface area contributed by atoms with Crippen LogP contribution in [-0.2, 0) is 20.9 Å². The van der Waals surface area contributed by atoms with Gasteiger partial charge in [0.25, 0.3) is 0 Å². The van der Waals surface area contributed by atoms with Crippen molar-refractivity contribution in [2.24, 2.45) is 0 Å². The molecule has 1 N–H and O–H groups in total. The molecule has 0 spiro atoms. The fourth-order valence-electron chi connectivity index (χ4n) is 2.16. The number of amides is 1. The molecule has 0 saturated carbocycles. The molecule has 2 rings (SSSR count). The molecule has 2 aromatic rings. The van der Waals surface area contributed by atoms with Gasteiger partial charge in [0.1, 0.15) is 12.9 Å². The van der Waals surface area contributed by atoms with Gasteiger partial charge < -0.3 is 10.1 Å². The van der Waals surface area contributed by atoms with Crippen LogP contribution in [0, 0.1) is 0 Å². The number of esters is 1. The van der Waals surface area contributed by atoms with E-state index in [1.807, 2.05) is 0 Å². The highest BCUT2D eigenvalue weighted by molar-refractivity contribution is 5.98. The summed E-state index contributed by atoms with van der Waals surface area (Å²) in [6.07, 6.45) is 4.69. The van der Waals surface area contributed by atoms with Gasteiger partial charge in [-0.25, -0.2) is 4.68 Å². The molecule has 0 aliphatic rings. The first kappa shape index (κ1) is 19.2. The smallest absolute Gasteiger partial charge is 0.328 e. The van der Waals surface area contributed by atoms with Crippen LogP contribution in [0.25, 0.3) is 0 Å². The first-order valence-corrected chi connectivity index (χ1v) is 8.38. The molecule has 0 fully saturated rings. The largest absolute Gasteiger partial charge is 0.456 e. The molecular weight excluding hydrogens is 338 g/mol. The summed E-state index contributed by atoms with van der Waals surface area (Å²) >= 11 is 0. The van der Waals surface area contributed by atoms with Crippen LogP contribution < -0.4 is 5.32 Å². The maximum atomic E-state index is 12.0. The molecule has 138 valence electrons. The minimum absolute atomic E-state index is 0.0472. The third-order valence-electron chi connectivity index (χ3n) is 3.54. The number of ether oxygens (including phenoxy) is 1. The van der Waals surface area contributed by atoms with Crippen molar-refractivity contribution in [1.82, 2.24) is 20.2 Å². The van der Waals surface area contributed by atoms with E-state index in [2.05, 4.69) is 27.8 Å². The number of rotatable bonds is 10. The molecule has 26 heavy (non-hydrogen) atoms. The number of anilines is 1. The summed E-state index contributed by atoms with van der Waals surface area (Å²) in [6, 6.07) is 6.46. The lowest BCUT2D eigenvalue weighted by Crippen LogP contribution is -2.19. The Hall–Kier alpha value is -3.10. The van der Waals surface area contributed by atoms with Crippen molar-refractivity contribution in [3.8, 4) is 0 Å². The highest BCUT2D eigenvalue weighted by Crippen LogP contribution is 2.11. The second-order valence-electron chi connectivity index (χ2n) is 5.67. The van der Waals surface area contributed by atoms with E-state index in [1.54, 1.807) is 24.3 Å². The van der Waals surface area contributed by atoms with Crippen LogP contribution in [0.2, 0.25) is 0 Å². The van der Waals surface area contributed by atoms with E-state index in [4.69, 9.17) is 4.74 Å². The van der Waals surface area contributed by atoms with Crippen LogP contribution in [0.15, 0.2) is 30.6 Å². The molecule has 9 nitrogen and oxygen atoms in total. The minimum Gasteiger partial charge on any atom is -0.456 e. The molecule has 0 saturated heterocycles. The second kappa shape index (κ2) is 10.0. The molecule has 9 heteroatoms. The molecule has 0 aliphatic heterocycles. The Bertz CT molecular complexity index is 728.